The maximum Gasteiger partial charge on any atom is 0.401 e. The van der Waals surface area contributed by atoms with Gasteiger partial charge in [0.2, 0.25) is 0 Å². The zero-order valence-corrected chi connectivity index (χ0v) is 16.7. The van der Waals surface area contributed by atoms with Crippen LogP contribution >= 0.6 is 0 Å². The molecule has 5 rings (SSSR count). The number of likely N-dealkylation sites (tertiary alicyclic amines) is 1. The third kappa shape index (κ3) is 3.60. The number of aryl methyl sites for hydroxylation is 1. The van der Waals surface area contributed by atoms with E-state index in [-0.39, 0.29) is 18.3 Å². The first-order chi connectivity index (χ1) is 14.8. The molecule has 4 aromatic rings. The number of piperidine rings is 1. The monoisotopic (exact) mass is 431 g/mol. The van der Waals surface area contributed by atoms with Crippen molar-refractivity contribution < 1.29 is 22.7 Å². The van der Waals surface area contributed by atoms with Crippen LogP contribution in [-0.2, 0) is 0 Å². The largest absolute Gasteiger partial charge is 0.506 e. The number of alkyl halides is 3. The summed E-state index contributed by atoms with van der Waals surface area (Å²) in [4.78, 5) is 5.83. The minimum atomic E-state index is -4.22. The van der Waals surface area contributed by atoms with E-state index in [9.17, 15) is 18.3 Å². The number of imidazole rings is 1. The molecule has 7 nitrogen and oxygen atoms in total. The molecule has 4 heterocycles. The molecule has 162 valence electrons. The molecule has 1 atom stereocenters. The zero-order valence-electron chi connectivity index (χ0n) is 16.7. The van der Waals surface area contributed by atoms with Gasteiger partial charge in [0.1, 0.15) is 16.8 Å². The van der Waals surface area contributed by atoms with E-state index in [1.807, 2.05) is 13.0 Å². The molecule has 1 saturated heterocycles. The van der Waals surface area contributed by atoms with Gasteiger partial charge in [0.05, 0.1) is 30.2 Å². The Balaban J connectivity index is 1.49. The molecule has 10 heteroatoms. The van der Waals surface area contributed by atoms with Crippen molar-refractivity contribution >= 4 is 22.1 Å². The number of benzene rings is 1. The molecule has 0 spiro atoms. The molecule has 0 amide bonds. The second kappa shape index (κ2) is 7.23. The van der Waals surface area contributed by atoms with Gasteiger partial charge >= 0.3 is 6.18 Å². The lowest BCUT2D eigenvalue weighted by Gasteiger charge is -2.33. The molecule has 1 aliphatic rings. The number of halogens is 3. The Hall–Kier alpha value is -3.14. The molecular formula is C21H20F3N5O2. The molecule has 1 aromatic carbocycles. The van der Waals surface area contributed by atoms with Crippen molar-refractivity contribution in [1.29, 1.82) is 0 Å². The zero-order chi connectivity index (χ0) is 21.8. The van der Waals surface area contributed by atoms with E-state index >= 15 is 0 Å². The molecule has 31 heavy (non-hydrogen) atoms. The van der Waals surface area contributed by atoms with Gasteiger partial charge < -0.3 is 14.1 Å². The molecule has 0 unspecified atom stereocenters. The predicted molar refractivity (Wildman–Crippen MR) is 108 cm³/mol. The summed E-state index contributed by atoms with van der Waals surface area (Å²) in [5, 5.41) is 19.9. The predicted octanol–water partition coefficient (Wildman–Crippen LogP) is 4.45. The van der Waals surface area contributed by atoms with E-state index in [2.05, 4.69) is 15.2 Å². The van der Waals surface area contributed by atoms with E-state index < -0.39 is 12.7 Å². The molecule has 0 aliphatic carbocycles. The minimum Gasteiger partial charge on any atom is -0.506 e. The van der Waals surface area contributed by atoms with E-state index in [0.717, 1.165) is 12.0 Å². The average Bonchev–Trinajstić information content (AvgIpc) is 3.33. The lowest BCUT2D eigenvalue weighted by Crippen LogP contribution is -2.41. The standard InChI is InChI=1S/C21H20F3N5O2/c1-12-7-17-14(4-6-31-17)19(30)18(12)15-8-16-20(27-26-15)29(11-25-16)13-3-2-5-28(9-13)10-21(22,23)24/h4,6-8,11,13,30H,2-3,5,9-10H2,1H3/t13-/m1/s1. The lowest BCUT2D eigenvalue weighted by atomic mass is 10.0. The Morgan fingerprint density at radius 3 is 2.90 bits per heavy atom. The number of fused-ring (bicyclic) bond motifs is 2. The summed E-state index contributed by atoms with van der Waals surface area (Å²) in [6.45, 7) is 1.64. The third-order valence-corrected chi connectivity index (χ3v) is 5.78. The molecule has 0 radical (unpaired) electrons. The van der Waals surface area contributed by atoms with Crippen LogP contribution in [0.2, 0.25) is 0 Å². The highest BCUT2D eigenvalue weighted by Crippen LogP contribution is 2.39. The van der Waals surface area contributed by atoms with Crippen molar-refractivity contribution in [3.05, 3.63) is 36.4 Å². The van der Waals surface area contributed by atoms with Crippen molar-refractivity contribution in [2.45, 2.75) is 32.0 Å². The van der Waals surface area contributed by atoms with E-state index in [1.165, 1.54) is 11.2 Å². The van der Waals surface area contributed by atoms with Crippen LogP contribution < -0.4 is 0 Å². The van der Waals surface area contributed by atoms with Gasteiger partial charge in [-0.1, -0.05) is 0 Å². The fraction of sp³-hybridized carbons (Fsp3) is 0.381. The maximum absolute atomic E-state index is 12.8. The smallest absolute Gasteiger partial charge is 0.401 e. The first kappa shape index (κ1) is 19.8. The molecule has 1 fully saturated rings. The van der Waals surface area contributed by atoms with Crippen LogP contribution in [-0.4, -0.2) is 55.6 Å². The lowest BCUT2D eigenvalue weighted by molar-refractivity contribution is -0.149. The Morgan fingerprint density at radius 2 is 2.10 bits per heavy atom. The Bertz CT molecular complexity index is 1260. The van der Waals surface area contributed by atoms with Crippen molar-refractivity contribution in [3.63, 3.8) is 0 Å². The van der Waals surface area contributed by atoms with Crippen molar-refractivity contribution in [1.82, 2.24) is 24.6 Å². The van der Waals surface area contributed by atoms with Gasteiger partial charge in [0.15, 0.2) is 5.65 Å². The van der Waals surface area contributed by atoms with Gasteiger partial charge in [-0.05, 0) is 50.1 Å². The van der Waals surface area contributed by atoms with Gasteiger partial charge in [-0.3, -0.25) is 4.90 Å². The van der Waals surface area contributed by atoms with E-state index in [4.69, 9.17) is 4.42 Å². The van der Waals surface area contributed by atoms with E-state index in [0.29, 0.717) is 46.4 Å². The molecular weight excluding hydrogens is 411 g/mol. The van der Waals surface area contributed by atoms with Crippen molar-refractivity contribution in [2.24, 2.45) is 0 Å². The van der Waals surface area contributed by atoms with Crippen LogP contribution in [0.4, 0.5) is 13.2 Å². The van der Waals surface area contributed by atoms with Crippen LogP contribution in [0.25, 0.3) is 33.4 Å². The number of hydrogen-bond donors (Lipinski definition) is 1. The summed E-state index contributed by atoms with van der Waals surface area (Å²) in [5.41, 5.74) is 3.47. The summed E-state index contributed by atoms with van der Waals surface area (Å²) >= 11 is 0. The highest BCUT2D eigenvalue weighted by Gasteiger charge is 2.33. The highest BCUT2D eigenvalue weighted by atomic mass is 19.4. The number of hydrogen-bond acceptors (Lipinski definition) is 6. The van der Waals surface area contributed by atoms with Gasteiger partial charge in [0.25, 0.3) is 0 Å². The van der Waals surface area contributed by atoms with Crippen LogP contribution in [0.1, 0.15) is 24.4 Å². The first-order valence-corrected chi connectivity index (χ1v) is 9.99. The Morgan fingerprint density at radius 1 is 1.26 bits per heavy atom. The summed E-state index contributed by atoms with van der Waals surface area (Å²) in [5.74, 6) is 0.0619. The van der Waals surface area contributed by atoms with Gasteiger partial charge in [-0.2, -0.15) is 13.2 Å². The Labute approximate surface area is 175 Å². The molecule has 1 N–H and O–H groups in total. The fourth-order valence-corrected chi connectivity index (χ4v) is 4.42. The van der Waals surface area contributed by atoms with Gasteiger partial charge in [0, 0.05) is 18.2 Å². The van der Waals surface area contributed by atoms with Crippen LogP contribution in [0, 0.1) is 6.92 Å². The van der Waals surface area contributed by atoms with Gasteiger partial charge in [-0.25, -0.2) is 4.98 Å². The third-order valence-electron chi connectivity index (χ3n) is 5.78. The topological polar surface area (TPSA) is 80.2 Å². The second-order valence-corrected chi connectivity index (χ2v) is 7.99. The summed E-state index contributed by atoms with van der Waals surface area (Å²) in [6, 6.07) is 5.10. The number of furan rings is 1. The Kier molecular flexibility index (Phi) is 4.62. The minimum absolute atomic E-state index is 0.0619. The second-order valence-electron chi connectivity index (χ2n) is 7.99. The molecule has 1 aliphatic heterocycles. The summed E-state index contributed by atoms with van der Waals surface area (Å²) < 4.78 is 45.6. The number of phenolic OH excluding ortho intramolecular Hbond substituents is 1. The molecule has 0 saturated carbocycles. The van der Waals surface area contributed by atoms with Crippen molar-refractivity contribution in [3.8, 4) is 17.0 Å². The number of rotatable bonds is 3. The maximum atomic E-state index is 12.8. The average molecular weight is 431 g/mol. The SMILES string of the molecule is Cc1cc2occc2c(O)c1-c1cc2ncn([C@@H]3CCCN(CC(F)(F)F)C3)c2nn1. The van der Waals surface area contributed by atoms with Crippen LogP contribution in [0.15, 0.2) is 35.2 Å². The molecule has 3 aromatic heterocycles. The number of aromatic nitrogens is 4. The number of nitrogens with zero attached hydrogens (tertiary/aromatic N) is 5. The first-order valence-electron chi connectivity index (χ1n) is 9.99. The van der Waals surface area contributed by atoms with Crippen LogP contribution in [0.5, 0.6) is 5.75 Å². The fourth-order valence-electron chi connectivity index (χ4n) is 4.42. The summed E-state index contributed by atoms with van der Waals surface area (Å²) in [6.07, 6.45) is 0.320. The summed E-state index contributed by atoms with van der Waals surface area (Å²) in [7, 11) is 0. The quantitative estimate of drug-likeness (QED) is 0.516. The van der Waals surface area contributed by atoms with E-state index in [1.54, 1.807) is 23.0 Å². The van der Waals surface area contributed by atoms with Crippen molar-refractivity contribution in [2.75, 3.05) is 19.6 Å². The normalized spacial score (nSPS) is 18.3. The molecule has 0 bridgehead atoms. The van der Waals surface area contributed by atoms with Gasteiger partial charge in [-0.15, -0.1) is 10.2 Å². The number of aromatic hydroxyl groups is 1. The van der Waals surface area contributed by atoms with Crippen LogP contribution in [0.3, 0.4) is 0 Å². The number of phenols is 1. The highest BCUT2D eigenvalue weighted by molar-refractivity contribution is 5.93.